The van der Waals surface area contributed by atoms with Crippen LogP contribution in [0.15, 0.2) is 40.9 Å². The van der Waals surface area contributed by atoms with Crippen molar-refractivity contribution < 1.29 is 13.9 Å². The summed E-state index contributed by atoms with van der Waals surface area (Å²) in [7, 11) is 1.62. The third-order valence-electron chi connectivity index (χ3n) is 3.17. The van der Waals surface area contributed by atoms with Crippen LogP contribution in [0.25, 0.3) is 0 Å². The fraction of sp³-hybridized carbons (Fsp3) is 0.235. The lowest BCUT2D eigenvalue weighted by Gasteiger charge is -2.08. The average Bonchev–Trinajstić information content (AvgIpc) is 2.51. The lowest BCUT2D eigenvalue weighted by atomic mass is 10.2. The van der Waals surface area contributed by atoms with Crippen molar-refractivity contribution in [2.75, 3.05) is 18.2 Å². The monoisotopic (exact) mass is 397 g/mol. The largest absolute Gasteiger partial charge is 0.496 e. The minimum absolute atomic E-state index is 0.147. The Labute approximate surface area is 147 Å². The van der Waals surface area contributed by atoms with E-state index in [2.05, 4.69) is 21.2 Å². The van der Waals surface area contributed by atoms with Gasteiger partial charge in [0.25, 0.3) is 0 Å². The summed E-state index contributed by atoms with van der Waals surface area (Å²) in [6.45, 7) is 1.68. The number of anilines is 1. The molecule has 0 spiro atoms. The van der Waals surface area contributed by atoms with Crippen LogP contribution in [0.1, 0.15) is 11.1 Å². The molecule has 0 aliphatic heterocycles. The molecule has 122 valence electrons. The van der Waals surface area contributed by atoms with Crippen molar-refractivity contribution in [3.05, 3.63) is 57.8 Å². The summed E-state index contributed by atoms with van der Waals surface area (Å²) >= 11 is 4.93. The van der Waals surface area contributed by atoms with Crippen molar-refractivity contribution in [2.24, 2.45) is 0 Å². The molecule has 1 N–H and O–H groups in total. The normalized spacial score (nSPS) is 10.4. The molecule has 0 radical (unpaired) electrons. The summed E-state index contributed by atoms with van der Waals surface area (Å²) in [5.41, 5.74) is 2.13. The number of carbonyl (C=O) groups is 1. The fourth-order valence-corrected chi connectivity index (χ4v) is 3.29. The first kappa shape index (κ1) is 17.8. The van der Waals surface area contributed by atoms with Crippen LogP contribution in [0.4, 0.5) is 10.1 Å². The van der Waals surface area contributed by atoms with Crippen LogP contribution in [-0.4, -0.2) is 18.8 Å². The number of benzene rings is 2. The molecule has 23 heavy (non-hydrogen) atoms. The highest BCUT2D eigenvalue weighted by Gasteiger charge is 2.06. The lowest BCUT2D eigenvalue weighted by Crippen LogP contribution is -2.14. The lowest BCUT2D eigenvalue weighted by molar-refractivity contribution is -0.113. The molecule has 1 amide bonds. The first-order valence-electron chi connectivity index (χ1n) is 6.95. The Morgan fingerprint density at radius 2 is 2.09 bits per heavy atom. The highest BCUT2D eigenvalue weighted by Crippen LogP contribution is 2.27. The van der Waals surface area contributed by atoms with E-state index in [9.17, 15) is 9.18 Å². The number of aryl methyl sites for hydroxylation is 1. The van der Waals surface area contributed by atoms with E-state index in [4.69, 9.17) is 4.74 Å². The summed E-state index contributed by atoms with van der Waals surface area (Å²) < 4.78 is 19.5. The summed E-state index contributed by atoms with van der Waals surface area (Å²) in [5, 5.41) is 2.70. The number of amides is 1. The average molecular weight is 398 g/mol. The number of hydrogen-bond acceptors (Lipinski definition) is 3. The van der Waals surface area contributed by atoms with Crippen LogP contribution in [0.2, 0.25) is 0 Å². The van der Waals surface area contributed by atoms with Crippen molar-refractivity contribution >= 4 is 39.3 Å². The zero-order valence-corrected chi connectivity index (χ0v) is 15.3. The van der Waals surface area contributed by atoms with E-state index < -0.39 is 0 Å². The summed E-state index contributed by atoms with van der Waals surface area (Å²) in [5.74, 6) is 1.32. The number of nitrogens with one attached hydrogen (secondary N) is 1. The van der Waals surface area contributed by atoms with Gasteiger partial charge in [0.05, 0.1) is 17.3 Å². The number of thioether (sulfide) groups is 1. The number of halogens is 2. The molecule has 0 bridgehead atoms. The second-order valence-electron chi connectivity index (χ2n) is 4.97. The van der Waals surface area contributed by atoms with Crippen LogP contribution in [0.3, 0.4) is 0 Å². The maximum absolute atomic E-state index is 13.4. The third kappa shape index (κ3) is 5.25. The summed E-state index contributed by atoms with van der Waals surface area (Å²) in [4.78, 5) is 11.9. The van der Waals surface area contributed by atoms with Crippen molar-refractivity contribution in [1.82, 2.24) is 0 Å². The van der Waals surface area contributed by atoms with E-state index >= 15 is 0 Å². The van der Waals surface area contributed by atoms with Gasteiger partial charge in [-0.2, -0.15) is 0 Å². The first-order valence-corrected chi connectivity index (χ1v) is 8.90. The van der Waals surface area contributed by atoms with Crippen molar-refractivity contribution in [3.63, 3.8) is 0 Å². The van der Waals surface area contributed by atoms with Gasteiger partial charge in [-0.15, -0.1) is 11.8 Å². The molecule has 0 aliphatic carbocycles. The third-order valence-corrected chi connectivity index (χ3v) is 4.80. The number of hydrogen-bond donors (Lipinski definition) is 1. The Morgan fingerprint density at radius 3 is 2.74 bits per heavy atom. The van der Waals surface area contributed by atoms with E-state index in [1.165, 1.54) is 17.8 Å². The molecule has 0 aromatic heterocycles. The van der Waals surface area contributed by atoms with Gasteiger partial charge in [0.15, 0.2) is 0 Å². The maximum Gasteiger partial charge on any atom is 0.234 e. The molecule has 0 unspecified atom stereocenters. The summed E-state index contributed by atoms with van der Waals surface area (Å²) in [6.07, 6.45) is 0. The van der Waals surface area contributed by atoms with E-state index in [1.54, 1.807) is 26.2 Å². The number of carbonyl (C=O) groups excluding carboxylic acids is 1. The maximum atomic E-state index is 13.4. The van der Waals surface area contributed by atoms with Gasteiger partial charge < -0.3 is 10.1 Å². The Morgan fingerprint density at radius 1 is 1.30 bits per heavy atom. The van der Waals surface area contributed by atoms with Crippen molar-refractivity contribution in [2.45, 2.75) is 12.7 Å². The van der Waals surface area contributed by atoms with Gasteiger partial charge in [-0.3, -0.25) is 4.79 Å². The topological polar surface area (TPSA) is 38.3 Å². The van der Waals surface area contributed by atoms with Gasteiger partial charge >= 0.3 is 0 Å². The second-order valence-corrected chi connectivity index (χ2v) is 6.81. The van der Waals surface area contributed by atoms with E-state index in [0.29, 0.717) is 22.8 Å². The van der Waals surface area contributed by atoms with Crippen LogP contribution >= 0.6 is 27.7 Å². The van der Waals surface area contributed by atoms with Gasteiger partial charge in [-0.05, 0) is 58.2 Å². The van der Waals surface area contributed by atoms with Gasteiger partial charge in [0.2, 0.25) is 5.91 Å². The van der Waals surface area contributed by atoms with Crippen LogP contribution < -0.4 is 10.1 Å². The predicted molar refractivity (Wildman–Crippen MR) is 96.6 cm³/mol. The van der Waals surface area contributed by atoms with Gasteiger partial charge in [0, 0.05) is 11.4 Å². The van der Waals surface area contributed by atoms with Crippen LogP contribution in [0.5, 0.6) is 5.75 Å². The molecule has 0 aliphatic rings. The minimum atomic E-state index is -0.321. The first-order chi connectivity index (χ1) is 11.0. The molecular formula is C17H17BrFNO2S. The van der Waals surface area contributed by atoms with E-state index in [1.807, 2.05) is 18.2 Å². The van der Waals surface area contributed by atoms with Crippen LogP contribution in [-0.2, 0) is 10.5 Å². The molecule has 3 nitrogen and oxygen atoms in total. The van der Waals surface area contributed by atoms with E-state index in [0.717, 1.165) is 15.8 Å². The molecule has 0 saturated heterocycles. The molecule has 2 rings (SSSR count). The highest BCUT2D eigenvalue weighted by molar-refractivity contribution is 9.10. The van der Waals surface area contributed by atoms with Crippen LogP contribution in [0, 0.1) is 12.7 Å². The Hall–Kier alpha value is -1.53. The molecule has 0 saturated carbocycles. The standard InChI is InChI=1S/C17H17BrFNO2S/c1-11-3-5-13(8-15(11)19)20-17(21)10-23-9-12-4-6-16(22-2)14(18)7-12/h3-8H,9-10H2,1-2H3,(H,20,21). The van der Waals surface area contributed by atoms with Gasteiger partial charge in [-0.25, -0.2) is 4.39 Å². The number of methoxy groups -OCH3 is 1. The molecule has 0 fully saturated rings. The Bertz CT molecular complexity index is 709. The zero-order chi connectivity index (χ0) is 16.8. The fourth-order valence-electron chi connectivity index (χ4n) is 1.93. The summed E-state index contributed by atoms with van der Waals surface area (Å²) in [6, 6.07) is 10.5. The van der Waals surface area contributed by atoms with Gasteiger partial charge in [0.1, 0.15) is 11.6 Å². The molecule has 2 aromatic carbocycles. The molecular weight excluding hydrogens is 381 g/mol. The minimum Gasteiger partial charge on any atom is -0.496 e. The molecule has 0 atom stereocenters. The Balaban J connectivity index is 1.82. The number of ether oxygens (including phenoxy) is 1. The highest BCUT2D eigenvalue weighted by atomic mass is 79.9. The SMILES string of the molecule is COc1ccc(CSCC(=O)Nc2ccc(C)c(F)c2)cc1Br. The van der Waals surface area contributed by atoms with Crippen molar-refractivity contribution in [3.8, 4) is 5.75 Å². The van der Waals surface area contributed by atoms with E-state index in [-0.39, 0.29) is 11.7 Å². The zero-order valence-electron chi connectivity index (χ0n) is 12.9. The number of rotatable bonds is 6. The Kier molecular flexibility index (Phi) is 6.47. The smallest absolute Gasteiger partial charge is 0.234 e. The van der Waals surface area contributed by atoms with Crippen molar-refractivity contribution in [1.29, 1.82) is 0 Å². The molecule has 6 heteroatoms. The second kappa shape index (κ2) is 8.36. The quantitative estimate of drug-likeness (QED) is 0.762. The van der Waals surface area contributed by atoms with Gasteiger partial charge in [-0.1, -0.05) is 12.1 Å². The molecule has 2 aromatic rings. The molecule has 0 heterocycles. The predicted octanol–water partition coefficient (Wildman–Crippen LogP) is 4.78.